The Bertz CT molecular complexity index is 1400. The number of carbonyl (C=O) groups is 3. The van der Waals surface area contributed by atoms with Crippen LogP contribution in [0.3, 0.4) is 0 Å². The van der Waals surface area contributed by atoms with Gasteiger partial charge in [0.15, 0.2) is 5.78 Å². The van der Waals surface area contributed by atoms with Crippen molar-refractivity contribution in [2.75, 3.05) is 17.7 Å². The summed E-state index contributed by atoms with van der Waals surface area (Å²) >= 11 is 0. The second kappa shape index (κ2) is 10.5. The van der Waals surface area contributed by atoms with Crippen molar-refractivity contribution in [2.45, 2.75) is 6.92 Å². The van der Waals surface area contributed by atoms with Crippen LogP contribution < -0.4 is 15.4 Å². The topological polar surface area (TPSA) is 84.5 Å². The molecular weight excluding hydrogens is 440 g/mol. The number of carbonyl (C=O) groups excluding carboxylic acids is 3. The first kappa shape index (κ1) is 23.4. The molecular formula is C29H24N2O4. The molecule has 35 heavy (non-hydrogen) atoms. The van der Waals surface area contributed by atoms with E-state index in [1.807, 2.05) is 19.1 Å². The normalized spacial score (nSPS) is 10.3. The molecule has 0 aliphatic carbocycles. The lowest BCUT2D eigenvalue weighted by atomic mass is 9.99. The van der Waals surface area contributed by atoms with E-state index in [1.54, 1.807) is 84.9 Å². The molecule has 0 saturated carbocycles. The van der Waals surface area contributed by atoms with Crippen molar-refractivity contribution < 1.29 is 19.1 Å². The number of nitrogens with one attached hydrogen (secondary N) is 2. The van der Waals surface area contributed by atoms with Gasteiger partial charge in [-0.15, -0.1) is 0 Å². The summed E-state index contributed by atoms with van der Waals surface area (Å²) in [5.74, 6) is -0.622. The molecule has 4 aromatic carbocycles. The second-order valence-corrected chi connectivity index (χ2v) is 7.90. The molecule has 0 bridgehead atoms. The highest BCUT2D eigenvalue weighted by Gasteiger charge is 2.19. The van der Waals surface area contributed by atoms with E-state index in [4.69, 9.17) is 4.74 Å². The summed E-state index contributed by atoms with van der Waals surface area (Å²) in [5, 5.41) is 5.64. The Kier molecular flexibility index (Phi) is 7.02. The highest BCUT2D eigenvalue weighted by molar-refractivity contribution is 6.17. The predicted octanol–water partition coefficient (Wildman–Crippen LogP) is 5.74. The van der Waals surface area contributed by atoms with Crippen molar-refractivity contribution in [1.82, 2.24) is 0 Å². The minimum atomic E-state index is -0.452. The van der Waals surface area contributed by atoms with Gasteiger partial charge in [-0.05, 0) is 43.3 Å². The number of amides is 2. The van der Waals surface area contributed by atoms with Crippen LogP contribution in [0.4, 0.5) is 11.4 Å². The molecule has 4 rings (SSSR count). The lowest BCUT2D eigenvalue weighted by Crippen LogP contribution is -2.20. The van der Waals surface area contributed by atoms with E-state index in [0.29, 0.717) is 33.8 Å². The molecule has 0 aliphatic heterocycles. The highest BCUT2D eigenvalue weighted by atomic mass is 16.5. The van der Waals surface area contributed by atoms with Crippen molar-refractivity contribution >= 4 is 29.0 Å². The molecule has 0 atom stereocenters. The Labute approximate surface area is 203 Å². The number of ether oxygens (including phenoxy) is 1. The Morgan fingerprint density at radius 1 is 0.629 bits per heavy atom. The van der Waals surface area contributed by atoms with Crippen LogP contribution >= 0.6 is 0 Å². The van der Waals surface area contributed by atoms with Crippen LogP contribution in [0.15, 0.2) is 97.1 Å². The van der Waals surface area contributed by atoms with E-state index in [1.165, 1.54) is 7.11 Å². The van der Waals surface area contributed by atoms with E-state index in [9.17, 15) is 14.4 Å². The number of benzene rings is 4. The lowest BCUT2D eigenvalue weighted by Gasteiger charge is -2.15. The van der Waals surface area contributed by atoms with Gasteiger partial charge in [0.25, 0.3) is 11.8 Å². The molecule has 0 heterocycles. The fourth-order valence-corrected chi connectivity index (χ4v) is 3.70. The second-order valence-electron chi connectivity index (χ2n) is 7.90. The Morgan fingerprint density at radius 2 is 1.20 bits per heavy atom. The van der Waals surface area contributed by atoms with Crippen molar-refractivity contribution in [3.8, 4) is 5.75 Å². The van der Waals surface area contributed by atoms with Gasteiger partial charge in [0, 0.05) is 11.1 Å². The van der Waals surface area contributed by atoms with Crippen molar-refractivity contribution in [2.24, 2.45) is 0 Å². The molecule has 2 amide bonds. The Hall–Kier alpha value is -4.71. The number of hydrogen-bond donors (Lipinski definition) is 2. The fraction of sp³-hybridized carbons (Fsp3) is 0.0690. The first-order valence-corrected chi connectivity index (χ1v) is 11.0. The van der Waals surface area contributed by atoms with Crippen LogP contribution in [0.5, 0.6) is 5.75 Å². The van der Waals surface area contributed by atoms with Gasteiger partial charge in [0.2, 0.25) is 0 Å². The zero-order valence-corrected chi connectivity index (χ0v) is 19.4. The summed E-state index contributed by atoms with van der Waals surface area (Å²) in [6, 6.07) is 27.7. The van der Waals surface area contributed by atoms with E-state index in [-0.39, 0.29) is 11.3 Å². The average molecular weight is 465 g/mol. The summed E-state index contributed by atoms with van der Waals surface area (Å²) in [4.78, 5) is 39.3. The van der Waals surface area contributed by atoms with E-state index in [0.717, 1.165) is 5.56 Å². The minimum Gasteiger partial charge on any atom is -0.496 e. The first-order valence-electron chi connectivity index (χ1n) is 11.0. The zero-order valence-electron chi connectivity index (χ0n) is 19.4. The molecule has 174 valence electrons. The van der Waals surface area contributed by atoms with Crippen LogP contribution in [0.2, 0.25) is 0 Å². The van der Waals surface area contributed by atoms with E-state index >= 15 is 0 Å². The van der Waals surface area contributed by atoms with Crippen molar-refractivity contribution in [1.29, 1.82) is 0 Å². The van der Waals surface area contributed by atoms with Gasteiger partial charge in [-0.1, -0.05) is 66.2 Å². The molecule has 0 spiro atoms. The van der Waals surface area contributed by atoms with Gasteiger partial charge in [0.05, 0.1) is 29.6 Å². The first-order chi connectivity index (χ1) is 17.0. The third kappa shape index (κ3) is 5.28. The molecule has 0 unspecified atom stereocenters. The lowest BCUT2D eigenvalue weighted by molar-refractivity contribution is 0.102. The summed E-state index contributed by atoms with van der Waals surface area (Å²) in [7, 11) is 1.49. The number of ketones is 1. The van der Waals surface area contributed by atoms with Gasteiger partial charge in [-0.25, -0.2) is 0 Å². The van der Waals surface area contributed by atoms with E-state index < -0.39 is 11.8 Å². The molecule has 0 radical (unpaired) electrons. The zero-order chi connectivity index (χ0) is 24.8. The standard InChI is InChI=1S/C29H24N2O4/c1-19-16-17-25(23(18-19)27(32)20-10-4-3-5-11-20)31-28(33)21-12-6-8-14-24(21)30-29(34)22-13-7-9-15-26(22)35-2/h3-18H,1-2H3,(H,30,34)(H,31,33). The highest BCUT2D eigenvalue weighted by Crippen LogP contribution is 2.25. The fourth-order valence-electron chi connectivity index (χ4n) is 3.70. The summed E-state index contributed by atoms with van der Waals surface area (Å²) in [6.07, 6.45) is 0. The molecule has 0 aliphatic rings. The quantitative estimate of drug-likeness (QED) is 0.342. The molecule has 0 saturated heterocycles. The largest absolute Gasteiger partial charge is 0.496 e. The molecule has 4 aromatic rings. The average Bonchev–Trinajstić information content (AvgIpc) is 2.90. The van der Waals surface area contributed by atoms with E-state index in [2.05, 4.69) is 10.6 Å². The monoisotopic (exact) mass is 464 g/mol. The Morgan fingerprint density at radius 3 is 1.91 bits per heavy atom. The molecule has 2 N–H and O–H groups in total. The number of anilines is 2. The van der Waals surface area contributed by atoms with Crippen LogP contribution in [-0.2, 0) is 0 Å². The van der Waals surface area contributed by atoms with Gasteiger partial charge >= 0.3 is 0 Å². The number of rotatable bonds is 7. The maximum absolute atomic E-state index is 13.3. The molecule has 6 heteroatoms. The molecule has 0 fully saturated rings. The third-order valence-corrected chi connectivity index (χ3v) is 5.48. The van der Waals surface area contributed by atoms with Gasteiger partial charge in [-0.2, -0.15) is 0 Å². The van der Waals surface area contributed by atoms with Crippen LogP contribution in [-0.4, -0.2) is 24.7 Å². The van der Waals surface area contributed by atoms with Crippen LogP contribution in [0.1, 0.15) is 42.2 Å². The van der Waals surface area contributed by atoms with Crippen molar-refractivity contribution in [3.05, 3.63) is 125 Å². The maximum Gasteiger partial charge on any atom is 0.259 e. The number of aryl methyl sites for hydroxylation is 1. The third-order valence-electron chi connectivity index (χ3n) is 5.48. The number of para-hydroxylation sites is 2. The number of methoxy groups -OCH3 is 1. The van der Waals surface area contributed by atoms with Crippen LogP contribution in [0, 0.1) is 6.92 Å². The van der Waals surface area contributed by atoms with Crippen molar-refractivity contribution in [3.63, 3.8) is 0 Å². The van der Waals surface area contributed by atoms with Gasteiger partial charge in [0.1, 0.15) is 5.75 Å². The minimum absolute atomic E-state index is 0.192. The van der Waals surface area contributed by atoms with Crippen LogP contribution in [0.25, 0.3) is 0 Å². The smallest absolute Gasteiger partial charge is 0.259 e. The Balaban J connectivity index is 1.62. The molecule has 0 aromatic heterocycles. The SMILES string of the molecule is COc1ccccc1C(=O)Nc1ccccc1C(=O)Nc1ccc(C)cc1C(=O)c1ccccc1. The molecule has 6 nitrogen and oxygen atoms in total. The maximum atomic E-state index is 13.3. The summed E-state index contributed by atoms with van der Waals surface area (Å²) in [6.45, 7) is 1.88. The van der Waals surface area contributed by atoms with Gasteiger partial charge in [-0.3, -0.25) is 14.4 Å². The predicted molar refractivity (Wildman–Crippen MR) is 136 cm³/mol. The number of hydrogen-bond acceptors (Lipinski definition) is 4. The van der Waals surface area contributed by atoms with Gasteiger partial charge < -0.3 is 15.4 Å². The summed E-state index contributed by atoms with van der Waals surface area (Å²) in [5.41, 5.74) is 3.14. The summed E-state index contributed by atoms with van der Waals surface area (Å²) < 4.78 is 5.27.